The van der Waals surface area contributed by atoms with Crippen molar-refractivity contribution in [1.82, 2.24) is 10.6 Å². The Morgan fingerprint density at radius 2 is 2.16 bits per heavy atom. The van der Waals surface area contributed by atoms with E-state index in [1.807, 2.05) is 32.2 Å². The van der Waals surface area contributed by atoms with Crippen molar-refractivity contribution in [2.75, 3.05) is 6.54 Å². The molecule has 0 spiro atoms. The first-order valence-electron chi connectivity index (χ1n) is 6.60. The number of carbonyl (C=O) groups is 1. The second-order valence-electron chi connectivity index (χ2n) is 5.52. The summed E-state index contributed by atoms with van der Waals surface area (Å²) in [5, 5.41) is 17.7. The van der Waals surface area contributed by atoms with Crippen LogP contribution in [0.2, 0.25) is 0 Å². The fraction of sp³-hybridized carbons (Fsp3) is 0.643. The Hall–Kier alpha value is -1.07. The van der Waals surface area contributed by atoms with Gasteiger partial charge >= 0.3 is 6.03 Å². The molecule has 3 N–H and O–H groups in total. The average Bonchev–Trinajstić information content (AvgIpc) is 2.78. The number of urea groups is 1. The lowest BCUT2D eigenvalue weighted by Gasteiger charge is -2.28. The second kappa shape index (κ2) is 6.91. The summed E-state index contributed by atoms with van der Waals surface area (Å²) in [6.45, 7) is 7.81. The molecule has 0 aromatic carbocycles. The predicted molar refractivity (Wildman–Crippen MR) is 79.5 cm³/mol. The molecule has 1 aromatic heterocycles. The summed E-state index contributed by atoms with van der Waals surface area (Å²) < 4.78 is 0. The van der Waals surface area contributed by atoms with Crippen molar-refractivity contribution in [2.24, 2.45) is 5.92 Å². The Morgan fingerprint density at radius 1 is 1.47 bits per heavy atom. The van der Waals surface area contributed by atoms with Crippen molar-refractivity contribution in [1.29, 1.82) is 0 Å². The van der Waals surface area contributed by atoms with Crippen LogP contribution in [0.15, 0.2) is 17.5 Å². The summed E-state index contributed by atoms with van der Waals surface area (Å²) in [6, 6.07) is 3.91. The van der Waals surface area contributed by atoms with E-state index in [1.165, 1.54) is 4.88 Å². The van der Waals surface area contributed by atoms with E-state index in [2.05, 4.69) is 16.7 Å². The van der Waals surface area contributed by atoms with E-state index in [-0.39, 0.29) is 24.5 Å². The SMILES string of the molecule is CC(Cc1cccs1)NC(=O)NCC(C)(O)C(C)C. The Kier molecular flexibility index (Phi) is 5.82. The maximum atomic E-state index is 11.7. The van der Waals surface area contributed by atoms with Gasteiger partial charge in [0.05, 0.1) is 5.60 Å². The zero-order chi connectivity index (χ0) is 14.5. The van der Waals surface area contributed by atoms with Gasteiger partial charge in [-0.05, 0) is 31.2 Å². The van der Waals surface area contributed by atoms with Crippen LogP contribution in [0.5, 0.6) is 0 Å². The first kappa shape index (κ1) is 16.0. The van der Waals surface area contributed by atoms with Gasteiger partial charge in [-0.15, -0.1) is 11.3 Å². The van der Waals surface area contributed by atoms with Gasteiger partial charge in [0, 0.05) is 23.9 Å². The van der Waals surface area contributed by atoms with Gasteiger partial charge < -0.3 is 15.7 Å². The topological polar surface area (TPSA) is 61.4 Å². The summed E-state index contributed by atoms with van der Waals surface area (Å²) in [6.07, 6.45) is 0.825. The van der Waals surface area contributed by atoms with Gasteiger partial charge in [-0.25, -0.2) is 4.79 Å². The van der Waals surface area contributed by atoms with Gasteiger partial charge in [-0.3, -0.25) is 0 Å². The van der Waals surface area contributed by atoms with E-state index in [0.717, 1.165) is 6.42 Å². The number of nitrogens with one attached hydrogen (secondary N) is 2. The molecule has 108 valence electrons. The van der Waals surface area contributed by atoms with Crippen LogP contribution in [0.1, 0.15) is 32.6 Å². The Morgan fingerprint density at radius 3 is 2.68 bits per heavy atom. The van der Waals surface area contributed by atoms with Gasteiger partial charge in [-0.1, -0.05) is 19.9 Å². The van der Waals surface area contributed by atoms with E-state index in [9.17, 15) is 9.90 Å². The van der Waals surface area contributed by atoms with Crippen LogP contribution < -0.4 is 10.6 Å². The van der Waals surface area contributed by atoms with Crippen LogP contribution >= 0.6 is 11.3 Å². The molecule has 0 aliphatic rings. The van der Waals surface area contributed by atoms with Crippen LogP contribution in [-0.2, 0) is 6.42 Å². The molecule has 5 heteroatoms. The third-order valence-electron chi connectivity index (χ3n) is 3.32. The lowest BCUT2D eigenvalue weighted by atomic mass is 9.93. The summed E-state index contributed by atoms with van der Waals surface area (Å²) in [7, 11) is 0. The minimum absolute atomic E-state index is 0.0719. The molecule has 4 nitrogen and oxygen atoms in total. The second-order valence-corrected chi connectivity index (χ2v) is 6.56. The number of hydrogen-bond donors (Lipinski definition) is 3. The number of hydrogen-bond acceptors (Lipinski definition) is 3. The van der Waals surface area contributed by atoms with Crippen molar-refractivity contribution in [2.45, 2.75) is 45.8 Å². The van der Waals surface area contributed by atoms with Crippen LogP contribution in [0, 0.1) is 5.92 Å². The number of rotatable bonds is 6. The average molecular weight is 284 g/mol. The zero-order valence-electron chi connectivity index (χ0n) is 12.1. The monoisotopic (exact) mass is 284 g/mol. The molecule has 0 saturated heterocycles. The maximum absolute atomic E-state index is 11.7. The molecule has 2 unspecified atom stereocenters. The molecule has 0 aliphatic heterocycles. The summed E-state index contributed by atoms with van der Waals surface area (Å²) in [4.78, 5) is 13.0. The third-order valence-corrected chi connectivity index (χ3v) is 4.21. The molecule has 0 bridgehead atoms. The van der Waals surface area contributed by atoms with Crippen LogP contribution in [0.4, 0.5) is 4.79 Å². The molecule has 2 atom stereocenters. The third kappa shape index (κ3) is 5.61. The van der Waals surface area contributed by atoms with Gasteiger partial charge in [0.25, 0.3) is 0 Å². The number of amides is 2. The van der Waals surface area contributed by atoms with Gasteiger partial charge in [0.1, 0.15) is 0 Å². The van der Waals surface area contributed by atoms with Gasteiger partial charge in [0.15, 0.2) is 0 Å². The van der Waals surface area contributed by atoms with E-state index in [1.54, 1.807) is 18.3 Å². The molecular weight excluding hydrogens is 260 g/mol. The normalized spacial score (nSPS) is 15.9. The molecule has 19 heavy (non-hydrogen) atoms. The minimum Gasteiger partial charge on any atom is -0.388 e. The highest BCUT2D eigenvalue weighted by Crippen LogP contribution is 2.14. The van der Waals surface area contributed by atoms with Crippen LogP contribution in [0.3, 0.4) is 0 Å². The number of thiophene rings is 1. The largest absolute Gasteiger partial charge is 0.388 e. The molecule has 0 radical (unpaired) electrons. The Balaban J connectivity index is 2.31. The fourth-order valence-electron chi connectivity index (χ4n) is 1.52. The maximum Gasteiger partial charge on any atom is 0.315 e. The Bertz CT molecular complexity index is 388. The molecular formula is C14H24N2O2S. The van der Waals surface area contributed by atoms with E-state index < -0.39 is 5.60 Å². The smallest absolute Gasteiger partial charge is 0.315 e. The van der Waals surface area contributed by atoms with E-state index in [4.69, 9.17) is 0 Å². The van der Waals surface area contributed by atoms with Crippen LogP contribution in [0.25, 0.3) is 0 Å². The van der Waals surface area contributed by atoms with Crippen molar-refractivity contribution in [3.05, 3.63) is 22.4 Å². The predicted octanol–water partition coefficient (Wildman–Crippen LogP) is 2.39. The first-order valence-corrected chi connectivity index (χ1v) is 7.48. The zero-order valence-corrected chi connectivity index (χ0v) is 12.9. The molecule has 1 aromatic rings. The minimum atomic E-state index is -0.881. The van der Waals surface area contributed by atoms with Gasteiger partial charge in [-0.2, -0.15) is 0 Å². The lowest BCUT2D eigenvalue weighted by molar-refractivity contribution is 0.0165. The van der Waals surface area contributed by atoms with Crippen LogP contribution in [-0.4, -0.2) is 29.3 Å². The molecule has 1 heterocycles. The molecule has 2 amide bonds. The highest BCUT2D eigenvalue weighted by atomic mass is 32.1. The quantitative estimate of drug-likeness (QED) is 0.751. The highest BCUT2D eigenvalue weighted by molar-refractivity contribution is 7.09. The van der Waals surface area contributed by atoms with Crippen molar-refractivity contribution >= 4 is 17.4 Å². The van der Waals surface area contributed by atoms with Crippen molar-refractivity contribution < 1.29 is 9.90 Å². The Labute approximate surface area is 119 Å². The molecule has 0 fully saturated rings. The number of aliphatic hydroxyl groups is 1. The molecule has 0 saturated carbocycles. The summed E-state index contributed by atoms with van der Waals surface area (Å²) >= 11 is 1.69. The van der Waals surface area contributed by atoms with Crippen molar-refractivity contribution in [3.8, 4) is 0 Å². The van der Waals surface area contributed by atoms with E-state index >= 15 is 0 Å². The molecule has 0 aliphatic carbocycles. The van der Waals surface area contributed by atoms with E-state index in [0.29, 0.717) is 0 Å². The standard InChI is InChI=1S/C14H24N2O2S/c1-10(2)14(4,18)9-15-13(17)16-11(3)8-12-6-5-7-19-12/h5-7,10-11,18H,8-9H2,1-4H3,(H2,15,16,17). The van der Waals surface area contributed by atoms with Crippen molar-refractivity contribution in [3.63, 3.8) is 0 Å². The lowest BCUT2D eigenvalue weighted by Crippen LogP contribution is -2.49. The summed E-state index contributed by atoms with van der Waals surface area (Å²) in [5.41, 5.74) is -0.881. The number of carbonyl (C=O) groups excluding carboxylic acids is 1. The highest BCUT2D eigenvalue weighted by Gasteiger charge is 2.25. The van der Waals surface area contributed by atoms with Gasteiger partial charge in [0.2, 0.25) is 0 Å². The fourth-order valence-corrected chi connectivity index (χ4v) is 2.35. The first-order chi connectivity index (χ1) is 8.81. The molecule has 1 rings (SSSR count). The summed E-state index contributed by atoms with van der Waals surface area (Å²) in [5.74, 6) is 0.0938.